The van der Waals surface area contributed by atoms with Crippen molar-refractivity contribution >= 4 is 17.9 Å². The van der Waals surface area contributed by atoms with Crippen LogP contribution in [0.3, 0.4) is 0 Å². The highest BCUT2D eigenvalue weighted by Crippen LogP contribution is 2.38. The van der Waals surface area contributed by atoms with Gasteiger partial charge in [0, 0.05) is 5.56 Å². The highest BCUT2D eigenvalue weighted by molar-refractivity contribution is 6.21. The molecule has 0 unspecified atom stereocenters. The number of fused-ring (bicyclic) bond motifs is 2. The molecule has 1 heterocycles. The molecule has 0 spiro atoms. The summed E-state index contributed by atoms with van der Waals surface area (Å²) in [4.78, 5) is 26.4. The first-order chi connectivity index (χ1) is 11.6. The summed E-state index contributed by atoms with van der Waals surface area (Å²) < 4.78 is 5.30. The van der Waals surface area contributed by atoms with Crippen LogP contribution < -0.4 is 4.74 Å². The largest absolute Gasteiger partial charge is 0.496 e. The standard InChI is InChI=1S/C19H15NO4/c1-24-16-8-4-7-12-11(16)9-10-15(17(12)21)20-18(22)13-5-2-3-6-14(13)19(20)23/h2-10,15,17,21H,1H3/t15-,17-/m0/s1. The van der Waals surface area contributed by atoms with E-state index in [1.165, 1.54) is 0 Å². The second-order valence-corrected chi connectivity index (χ2v) is 5.78. The van der Waals surface area contributed by atoms with Gasteiger partial charge in [-0.15, -0.1) is 0 Å². The van der Waals surface area contributed by atoms with E-state index in [0.29, 0.717) is 22.4 Å². The predicted molar refractivity (Wildman–Crippen MR) is 87.7 cm³/mol. The third-order valence-corrected chi connectivity index (χ3v) is 4.55. The van der Waals surface area contributed by atoms with Gasteiger partial charge in [0.2, 0.25) is 0 Å². The normalized spacial score (nSPS) is 21.7. The molecule has 2 amide bonds. The number of carbonyl (C=O) groups is 2. The van der Waals surface area contributed by atoms with E-state index in [4.69, 9.17) is 4.74 Å². The molecule has 4 rings (SSSR count). The molecule has 0 fully saturated rings. The molecule has 2 aromatic carbocycles. The van der Waals surface area contributed by atoms with Gasteiger partial charge in [-0.1, -0.05) is 36.4 Å². The molecule has 1 aliphatic heterocycles. The molecule has 24 heavy (non-hydrogen) atoms. The van der Waals surface area contributed by atoms with Crippen molar-refractivity contribution in [1.82, 2.24) is 4.90 Å². The lowest BCUT2D eigenvalue weighted by Gasteiger charge is -2.32. The summed E-state index contributed by atoms with van der Waals surface area (Å²) in [5, 5.41) is 10.8. The van der Waals surface area contributed by atoms with E-state index in [9.17, 15) is 14.7 Å². The number of carbonyl (C=O) groups excluding carboxylic acids is 2. The zero-order valence-corrected chi connectivity index (χ0v) is 13.0. The average Bonchev–Trinajstić information content (AvgIpc) is 2.87. The Labute approximate surface area is 138 Å². The Balaban J connectivity index is 1.76. The number of aliphatic hydroxyl groups is 1. The molecule has 0 saturated carbocycles. The number of methoxy groups -OCH3 is 1. The summed E-state index contributed by atoms with van der Waals surface area (Å²) in [5.74, 6) is -0.116. The lowest BCUT2D eigenvalue weighted by atomic mass is 9.90. The van der Waals surface area contributed by atoms with E-state index < -0.39 is 12.1 Å². The summed E-state index contributed by atoms with van der Waals surface area (Å²) in [6.45, 7) is 0. The van der Waals surface area contributed by atoms with Gasteiger partial charge in [0.05, 0.1) is 24.3 Å². The fourth-order valence-electron chi connectivity index (χ4n) is 3.37. The molecule has 0 aromatic heterocycles. The maximum atomic E-state index is 12.6. The second-order valence-electron chi connectivity index (χ2n) is 5.78. The van der Waals surface area contributed by atoms with Crippen LogP contribution in [0.5, 0.6) is 5.75 Å². The molecule has 5 heteroatoms. The Morgan fingerprint density at radius 3 is 2.29 bits per heavy atom. The quantitative estimate of drug-likeness (QED) is 0.863. The minimum absolute atomic E-state index is 0.375. The highest BCUT2D eigenvalue weighted by Gasteiger charge is 2.43. The summed E-state index contributed by atoms with van der Waals surface area (Å²) in [7, 11) is 1.56. The summed E-state index contributed by atoms with van der Waals surface area (Å²) in [6, 6.07) is 11.3. The molecule has 0 radical (unpaired) electrons. The smallest absolute Gasteiger partial charge is 0.262 e. The van der Waals surface area contributed by atoms with Gasteiger partial charge in [-0.25, -0.2) is 0 Å². The van der Waals surface area contributed by atoms with Crippen molar-refractivity contribution in [3.8, 4) is 5.75 Å². The van der Waals surface area contributed by atoms with E-state index in [2.05, 4.69) is 0 Å². The number of aliphatic hydroxyl groups excluding tert-OH is 1. The van der Waals surface area contributed by atoms with Gasteiger partial charge in [-0.05, 0) is 23.8 Å². The lowest BCUT2D eigenvalue weighted by molar-refractivity contribution is 0.0425. The van der Waals surface area contributed by atoms with Gasteiger partial charge < -0.3 is 9.84 Å². The van der Waals surface area contributed by atoms with Gasteiger partial charge in [-0.3, -0.25) is 14.5 Å². The van der Waals surface area contributed by atoms with E-state index >= 15 is 0 Å². The first-order valence-electron chi connectivity index (χ1n) is 7.63. The number of amides is 2. The zero-order chi connectivity index (χ0) is 16.8. The van der Waals surface area contributed by atoms with Crippen LogP contribution in [-0.2, 0) is 0 Å². The summed E-state index contributed by atoms with van der Waals surface area (Å²) in [5.41, 5.74) is 2.15. The number of rotatable bonds is 2. The lowest BCUT2D eigenvalue weighted by Crippen LogP contribution is -2.43. The highest BCUT2D eigenvalue weighted by atomic mass is 16.5. The molecule has 0 bridgehead atoms. The summed E-state index contributed by atoms with van der Waals surface area (Å²) in [6.07, 6.45) is 2.47. The Kier molecular flexibility index (Phi) is 3.25. The number of hydrogen-bond acceptors (Lipinski definition) is 4. The first-order valence-corrected chi connectivity index (χ1v) is 7.63. The van der Waals surface area contributed by atoms with Crippen molar-refractivity contribution in [3.63, 3.8) is 0 Å². The molecule has 0 saturated heterocycles. The van der Waals surface area contributed by atoms with Crippen molar-refractivity contribution < 1.29 is 19.4 Å². The molecular weight excluding hydrogens is 306 g/mol. The van der Waals surface area contributed by atoms with Crippen LogP contribution in [0.4, 0.5) is 0 Å². The molecule has 2 aromatic rings. The van der Waals surface area contributed by atoms with Crippen molar-refractivity contribution in [3.05, 3.63) is 70.8 Å². The molecule has 1 N–H and O–H groups in total. The van der Waals surface area contributed by atoms with Crippen LogP contribution in [0.25, 0.3) is 6.08 Å². The van der Waals surface area contributed by atoms with Gasteiger partial charge >= 0.3 is 0 Å². The fourth-order valence-corrected chi connectivity index (χ4v) is 3.37. The fraction of sp³-hybridized carbons (Fsp3) is 0.158. The van der Waals surface area contributed by atoms with Crippen LogP contribution in [0.15, 0.2) is 48.5 Å². The van der Waals surface area contributed by atoms with E-state index in [-0.39, 0.29) is 11.8 Å². The molecule has 2 atom stereocenters. The molecular formula is C19H15NO4. The maximum Gasteiger partial charge on any atom is 0.262 e. The van der Waals surface area contributed by atoms with Crippen molar-refractivity contribution in [2.24, 2.45) is 0 Å². The van der Waals surface area contributed by atoms with Crippen molar-refractivity contribution in [1.29, 1.82) is 0 Å². The number of imide groups is 1. The van der Waals surface area contributed by atoms with Gasteiger partial charge in [0.25, 0.3) is 11.8 Å². The molecule has 120 valence electrons. The van der Waals surface area contributed by atoms with Crippen LogP contribution in [0, 0.1) is 0 Å². The van der Waals surface area contributed by atoms with E-state index in [0.717, 1.165) is 10.5 Å². The van der Waals surface area contributed by atoms with Gasteiger partial charge in [0.1, 0.15) is 11.9 Å². The Morgan fingerprint density at radius 1 is 1.00 bits per heavy atom. The second kappa shape index (κ2) is 5.32. The number of hydrogen-bond donors (Lipinski definition) is 1. The van der Waals surface area contributed by atoms with Crippen LogP contribution in [0.2, 0.25) is 0 Å². The van der Waals surface area contributed by atoms with Crippen LogP contribution in [0.1, 0.15) is 37.9 Å². The third kappa shape index (κ3) is 1.91. The molecule has 2 aliphatic rings. The van der Waals surface area contributed by atoms with Crippen LogP contribution in [-0.4, -0.2) is 35.0 Å². The number of benzene rings is 2. The summed E-state index contributed by atoms with van der Waals surface area (Å²) >= 11 is 0. The Bertz CT molecular complexity index is 852. The topological polar surface area (TPSA) is 66.8 Å². The molecule has 1 aliphatic carbocycles. The average molecular weight is 321 g/mol. The SMILES string of the molecule is COc1cccc2c1C=C[C@H](N1C(=O)c3ccccc3C1=O)[C@H]2O. The minimum Gasteiger partial charge on any atom is -0.496 e. The Morgan fingerprint density at radius 2 is 1.67 bits per heavy atom. The van der Waals surface area contributed by atoms with Crippen molar-refractivity contribution in [2.45, 2.75) is 12.1 Å². The first kappa shape index (κ1) is 14.7. The van der Waals surface area contributed by atoms with E-state index in [1.54, 1.807) is 61.7 Å². The van der Waals surface area contributed by atoms with E-state index in [1.807, 2.05) is 0 Å². The van der Waals surface area contributed by atoms with Crippen LogP contribution >= 0.6 is 0 Å². The number of nitrogens with zero attached hydrogens (tertiary/aromatic N) is 1. The zero-order valence-electron chi connectivity index (χ0n) is 13.0. The van der Waals surface area contributed by atoms with Crippen molar-refractivity contribution in [2.75, 3.05) is 7.11 Å². The Hall–Kier alpha value is -2.92. The third-order valence-electron chi connectivity index (χ3n) is 4.55. The molecule has 5 nitrogen and oxygen atoms in total. The maximum absolute atomic E-state index is 12.6. The predicted octanol–water partition coefficient (Wildman–Crippen LogP) is 2.42. The monoisotopic (exact) mass is 321 g/mol. The van der Waals surface area contributed by atoms with Gasteiger partial charge in [-0.2, -0.15) is 0 Å². The van der Waals surface area contributed by atoms with Gasteiger partial charge in [0.15, 0.2) is 0 Å². The minimum atomic E-state index is -0.998. The number of ether oxygens (including phenoxy) is 1.